The van der Waals surface area contributed by atoms with E-state index in [4.69, 9.17) is 0 Å². The van der Waals surface area contributed by atoms with Crippen LogP contribution in [-0.2, 0) is 4.79 Å². The molecule has 0 aromatic carbocycles. The highest BCUT2D eigenvalue weighted by molar-refractivity contribution is 5.79. The van der Waals surface area contributed by atoms with Crippen LogP contribution >= 0.6 is 0 Å². The van der Waals surface area contributed by atoms with Crippen molar-refractivity contribution in [2.45, 2.75) is 45.4 Å². The van der Waals surface area contributed by atoms with Gasteiger partial charge in [-0.05, 0) is 70.0 Å². The van der Waals surface area contributed by atoms with Crippen LogP contribution in [0.15, 0.2) is 0 Å². The molecule has 2 atom stereocenters. The Balaban J connectivity index is 1.47. The van der Waals surface area contributed by atoms with Crippen LogP contribution in [0.25, 0.3) is 0 Å². The minimum Gasteiger partial charge on any atom is -0.342 e. The number of hydrogen-bond donors (Lipinski definition) is 1. The van der Waals surface area contributed by atoms with Gasteiger partial charge in [-0.3, -0.25) is 4.79 Å². The molecule has 126 valence electrons. The number of piperidine rings is 3. The molecule has 3 aliphatic heterocycles. The quantitative estimate of drug-likeness (QED) is 0.866. The van der Waals surface area contributed by atoms with Gasteiger partial charge in [0, 0.05) is 26.2 Å². The van der Waals surface area contributed by atoms with Gasteiger partial charge < -0.3 is 15.1 Å². The lowest BCUT2D eigenvalue weighted by Gasteiger charge is -2.39. The molecule has 3 fully saturated rings. The van der Waals surface area contributed by atoms with E-state index >= 15 is 0 Å². The summed E-state index contributed by atoms with van der Waals surface area (Å²) in [5.41, 5.74) is 0. The number of rotatable bonds is 3. The second-order valence-corrected chi connectivity index (χ2v) is 7.82. The smallest absolute Gasteiger partial charge is 0.226 e. The standard InChI is InChI=1S/C18H33N3O/c1-15-6-10-20(11-7-15)13-16-4-3-9-21(14-16)18(22)17-5-2-8-19-12-17/h15-17,19H,2-14H2,1H3. The summed E-state index contributed by atoms with van der Waals surface area (Å²) in [6, 6.07) is 0. The van der Waals surface area contributed by atoms with Crippen molar-refractivity contribution in [2.24, 2.45) is 17.8 Å². The maximum atomic E-state index is 12.7. The average molecular weight is 307 g/mol. The molecule has 0 aliphatic carbocycles. The van der Waals surface area contributed by atoms with Gasteiger partial charge in [-0.25, -0.2) is 0 Å². The zero-order valence-corrected chi connectivity index (χ0v) is 14.2. The average Bonchev–Trinajstić information content (AvgIpc) is 2.57. The molecular weight excluding hydrogens is 274 g/mol. The van der Waals surface area contributed by atoms with Crippen LogP contribution in [0.5, 0.6) is 0 Å². The predicted molar refractivity (Wildman–Crippen MR) is 89.7 cm³/mol. The highest BCUT2D eigenvalue weighted by Crippen LogP contribution is 2.23. The summed E-state index contributed by atoms with van der Waals surface area (Å²) < 4.78 is 0. The molecule has 0 saturated carbocycles. The monoisotopic (exact) mass is 307 g/mol. The first-order valence-electron chi connectivity index (χ1n) is 9.44. The minimum absolute atomic E-state index is 0.239. The van der Waals surface area contributed by atoms with Crippen LogP contribution < -0.4 is 5.32 Å². The summed E-state index contributed by atoms with van der Waals surface area (Å²) in [6.45, 7) is 10.1. The van der Waals surface area contributed by atoms with Gasteiger partial charge in [-0.2, -0.15) is 0 Å². The summed E-state index contributed by atoms with van der Waals surface area (Å²) in [6.07, 6.45) is 7.43. The van der Waals surface area contributed by atoms with Gasteiger partial charge in [0.25, 0.3) is 0 Å². The van der Waals surface area contributed by atoms with Gasteiger partial charge in [-0.1, -0.05) is 6.92 Å². The number of hydrogen-bond acceptors (Lipinski definition) is 3. The van der Waals surface area contributed by atoms with Gasteiger partial charge >= 0.3 is 0 Å². The van der Waals surface area contributed by atoms with E-state index in [-0.39, 0.29) is 5.92 Å². The highest BCUT2D eigenvalue weighted by atomic mass is 16.2. The zero-order valence-electron chi connectivity index (χ0n) is 14.2. The zero-order chi connectivity index (χ0) is 15.4. The van der Waals surface area contributed by atoms with Gasteiger partial charge in [0.2, 0.25) is 5.91 Å². The third-order valence-electron chi connectivity index (χ3n) is 5.87. The molecular formula is C18H33N3O. The van der Waals surface area contributed by atoms with Crippen molar-refractivity contribution in [3.05, 3.63) is 0 Å². The molecule has 3 rings (SSSR count). The van der Waals surface area contributed by atoms with Crippen molar-refractivity contribution in [3.63, 3.8) is 0 Å². The van der Waals surface area contributed by atoms with Crippen molar-refractivity contribution >= 4 is 5.91 Å². The van der Waals surface area contributed by atoms with E-state index in [0.717, 1.165) is 44.9 Å². The van der Waals surface area contributed by atoms with Gasteiger partial charge in [-0.15, -0.1) is 0 Å². The molecule has 1 N–H and O–H groups in total. The minimum atomic E-state index is 0.239. The van der Waals surface area contributed by atoms with E-state index in [1.54, 1.807) is 0 Å². The normalized spacial score (nSPS) is 32.1. The Morgan fingerprint density at radius 1 is 1.09 bits per heavy atom. The number of likely N-dealkylation sites (tertiary alicyclic amines) is 2. The molecule has 3 aliphatic rings. The van der Waals surface area contributed by atoms with Gasteiger partial charge in [0.05, 0.1) is 5.92 Å². The molecule has 3 heterocycles. The highest BCUT2D eigenvalue weighted by Gasteiger charge is 2.30. The van der Waals surface area contributed by atoms with E-state index in [0.29, 0.717) is 11.8 Å². The fraction of sp³-hybridized carbons (Fsp3) is 0.944. The maximum Gasteiger partial charge on any atom is 0.226 e. The van der Waals surface area contributed by atoms with Crippen molar-refractivity contribution in [1.82, 2.24) is 15.1 Å². The van der Waals surface area contributed by atoms with Crippen LogP contribution in [0.4, 0.5) is 0 Å². The third kappa shape index (κ3) is 4.23. The number of nitrogens with zero attached hydrogens (tertiary/aromatic N) is 2. The van der Waals surface area contributed by atoms with Crippen LogP contribution in [0.3, 0.4) is 0 Å². The van der Waals surface area contributed by atoms with Gasteiger partial charge in [0.1, 0.15) is 0 Å². The van der Waals surface area contributed by atoms with Crippen molar-refractivity contribution in [3.8, 4) is 0 Å². The SMILES string of the molecule is CC1CCN(CC2CCCN(C(=O)C3CCCNC3)C2)CC1. The van der Waals surface area contributed by atoms with Crippen LogP contribution in [-0.4, -0.2) is 61.5 Å². The second-order valence-electron chi connectivity index (χ2n) is 7.82. The first kappa shape index (κ1) is 16.3. The Bertz CT molecular complexity index is 359. The largest absolute Gasteiger partial charge is 0.342 e. The number of nitrogens with one attached hydrogen (secondary N) is 1. The van der Waals surface area contributed by atoms with E-state index in [2.05, 4.69) is 22.0 Å². The summed E-state index contributed by atoms with van der Waals surface area (Å²) >= 11 is 0. The summed E-state index contributed by atoms with van der Waals surface area (Å²) in [4.78, 5) is 17.5. The van der Waals surface area contributed by atoms with E-state index in [1.165, 1.54) is 45.3 Å². The Labute approximate surface area is 135 Å². The first-order valence-corrected chi connectivity index (χ1v) is 9.44. The Morgan fingerprint density at radius 2 is 1.91 bits per heavy atom. The molecule has 0 aromatic rings. The van der Waals surface area contributed by atoms with Crippen LogP contribution in [0.1, 0.15) is 45.4 Å². The topological polar surface area (TPSA) is 35.6 Å². The van der Waals surface area contributed by atoms with E-state index in [1.807, 2.05) is 0 Å². The third-order valence-corrected chi connectivity index (χ3v) is 5.87. The Kier molecular flexibility index (Phi) is 5.75. The molecule has 0 aromatic heterocycles. The van der Waals surface area contributed by atoms with Crippen molar-refractivity contribution in [1.29, 1.82) is 0 Å². The lowest BCUT2D eigenvalue weighted by molar-refractivity contribution is -0.138. The fourth-order valence-electron chi connectivity index (χ4n) is 4.34. The summed E-state index contributed by atoms with van der Waals surface area (Å²) in [5.74, 6) is 2.26. The molecule has 4 nitrogen and oxygen atoms in total. The van der Waals surface area contributed by atoms with E-state index in [9.17, 15) is 4.79 Å². The molecule has 0 spiro atoms. The number of carbonyl (C=O) groups excluding carboxylic acids is 1. The molecule has 0 bridgehead atoms. The van der Waals surface area contributed by atoms with Crippen LogP contribution in [0.2, 0.25) is 0 Å². The summed E-state index contributed by atoms with van der Waals surface area (Å²) in [5, 5.41) is 3.38. The maximum absolute atomic E-state index is 12.7. The van der Waals surface area contributed by atoms with E-state index < -0.39 is 0 Å². The molecule has 0 radical (unpaired) electrons. The summed E-state index contributed by atoms with van der Waals surface area (Å²) in [7, 11) is 0. The first-order chi connectivity index (χ1) is 10.7. The van der Waals surface area contributed by atoms with Crippen molar-refractivity contribution in [2.75, 3.05) is 45.8 Å². The Hall–Kier alpha value is -0.610. The van der Waals surface area contributed by atoms with Crippen LogP contribution in [0, 0.1) is 17.8 Å². The molecule has 4 heteroatoms. The fourth-order valence-corrected chi connectivity index (χ4v) is 4.34. The second kappa shape index (κ2) is 7.78. The molecule has 3 saturated heterocycles. The molecule has 2 unspecified atom stereocenters. The predicted octanol–water partition coefficient (Wildman–Crippen LogP) is 1.96. The van der Waals surface area contributed by atoms with Crippen molar-refractivity contribution < 1.29 is 4.79 Å². The van der Waals surface area contributed by atoms with Gasteiger partial charge in [0.15, 0.2) is 0 Å². The molecule has 22 heavy (non-hydrogen) atoms. The number of carbonyl (C=O) groups is 1. The number of amides is 1. The lowest BCUT2D eigenvalue weighted by Crippen LogP contribution is -2.49. The Morgan fingerprint density at radius 3 is 2.64 bits per heavy atom. The lowest BCUT2D eigenvalue weighted by atomic mass is 9.92. The molecule has 1 amide bonds.